The number of benzene rings is 1. The van der Waals surface area contributed by atoms with Gasteiger partial charge in [-0.25, -0.2) is 9.98 Å². The highest BCUT2D eigenvalue weighted by Gasteiger charge is 2.42. The number of carbonyl (C=O) groups is 1. The summed E-state index contributed by atoms with van der Waals surface area (Å²) in [6.07, 6.45) is 2.39. The molecule has 2 aromatic heterocycles. The van der Waals surface area contributed by atoms with Gasteiger partial charge in [-0.15, -0.1) is 0 Å². The number of alkyl halides is 2. The third kappa shape index (κ3) is 4.41. The first-order valence-corrected chi connectivity index (χ1v) is 12.3. The number of nitrogens with one attached hydrogen (secondary N) is 1. The smallest absolute Gasteiger partial charge is 0.283 e. The first kappa shape index (κ1) is 23.8. The van der Waals surface area contributed by atoms with Crippen LogP contribution in [0, 0.1) is 5.41 Å². The SMILES string of the molecule is CC1(C)CC(=O)C2=C(C1)N=C(N)/C(=C\N)C2c1ccc(Sc2nc3ccc(C(F)(F)P)cc3[nH]2)o1. The fourth-order valence-electron chi connectivity index (χ4n) is 4.60. The maximum atomic E-state index is 13.6. The second-order valence-corrected chi connectivity index (χ2v) is 11.2. The van der Waals surface area contributed by atoms with Gasteiger partial charge in [0, 0.05) is 29.3 Å². The Morgan fingerprint density at radius 2 is 2.06 bits per heavy atom. The lowest BCUT2D eigenvalue weighted by atomic mass is 9.70. The van der Waals surface area contributed by atoms with Crippen molar-refractivity contribution in [3.8, 4) is 0 Å². The van der Waals surface area contributed by atoms with Gasteiger partial charge in [-0.1, -0.05) is 29.2 Å². The molecule has 0 fully saturated rings. The van der Waals surface area contributed by atoms with Gasteiger partial charge in [0.2, 0.25) is 0 Å². The second-order valence-electron chi connectivity index (χ2n) is 9.51. The van der Waals surface area contributed by atoms with Crippen LogP contribution in [0.4, 0.5) is 8.78 Å². The molecule has 2 unspecified atom stereocenters. The van der Waals surface area contributed by atoms with Crippen LogP contribution in [0.3, 0.4) is 0 Å². The lowest BCUT2D eigenvalue weighted by molar-refractivity contribution is -0.118. The Kier molecular flexibility index (Phi) is 5.64. The van der Waals surface area contributed by atoms with E-state index in [0.717, 1.165) is 0 Å². The average molecular weight is 516 g/mol. The van der Waals surface area contributed by atoms with Crippen molar-refractivity contribution in [2.45, 2.75) is 48.5 Å². The van der Waals surface area contributed by atoms with E-state index >= 15 is 0 Å². The Balaban J connectivity index is 1.47. The normalized spacial score (nSPS) is 21.5. The van der Waals surface area contributed by atoms with E-state index in [2.05, 4.69) is 15.0 Å². The first-order valence-electron chi connectivity index (χ1n) is 10.9. The third-order valence-electron chi connectivity index (χ3n) is 6.16. The van der Waals surface area contributed by atoms with Crippen molar-refractivity contribution in [3.63, 3.8) is 0 Å². The molecule has 0 spiro atoms. The summed E-state index contributed by atoms with van der Waals surface area (Å²) in [6.45, 7) is 4.06. The maximum absolute atomic E-state index is 13.6. The molecule has 0 saturated heterocycles. The second kappa shape index (κ2) is 8.31. The molecule has 0 amide bonds. The number of imidazole rings is 1. The molecule has 5 N–H and O–H groups in total. The first-order chi connectivity index (χ1) is 16.4. The number of allylic oxidation sites excluding steroid dienone is 2. The molecule has 5 rings (SSSR count). The van der Waals surface area contributed by atoms with Crippen LogP contribution in [0.15, 0.2) is 73.0 Å². The number of hydrogen-bond donors (Lipinski definition) is 3. The van der Waals surface area contributed by atoms with Crippen LogP contribution in [-0.2, 0) is 10.5 Å². The summed E-state index contributed by atoms with van der Waals surface area (Å²) in [5, 5.41) is 0.999. The average Bonchev–Trinajstić information content (AvgIpc) is 3.37. The van der Waals surface area contributed by atoms with Gasteiger partial charge >= 0.3 is 0 Å². The van der Waals surface area contributed by atoms with E-state index < -0.39 is 11.6 Å². The third-order valence-corrected chi connectivity index (χ3v) is 7.30. The van der Waals surface area contributed by atoms with Gasteiger partial charge in [0.15, 0.2) is 16.0 Å². The number of nitrogens with zero attached hydrogens (tertiary/aromatic N) is 2. The molecule has 0 radical (unpaired) electrons. The lowest BCUT2D eigenvalue weighted by Crippen LogP contribution is -2.35. The largest absolute Gasteiger partial charge is 0.453 e. The molecule has 11 heteroatoms. The number of aromatic amines is 1. The molecule has 0 bridgehead atoms. The van der Waals surface area contributed by atoms with Crippen molar-refractivity contribution >= 4 is 43.7 Å². The van der Waals surface area contributed by atoms with Crippen molar-refractivity contribution in [1.29, 1.82) is 0 Å². The van der Waals surface area contributed by atoms with Gasteiger partial charge in [0.1, 0.15) is 11.6 Å². The van der Waals surface area contributed by atoms with Crippen molar-refractivity contribution < 1.29 is 18.0 Å². The molecular formula is C24H24F2N5O2PS. The Bertz CT molecular complexity index is 1450. The topological polar surface area (TPSA) is 123 Å². The van der Waals surface area contributed by atoms with Crippen LogP contribution in [0.1, 0.15) is 43.9 Å². The number of furan rings is 1. The van der Waals surface area contributed by atoms with Gasteiger partial charge in [0.25, 0.3) is 5.66 Å². The molecule has 1 aliphatic carbocycles. The zero-order chi connectivity index (χ0) is 25.1. The van der Waals surface area contributed by atoms with Gasteiger partial charge in [-0.3, -0.25) is 4.79 Å². The number of hydrogen-bond acceptors (Lipinski definition) is 7. The molecule has 2 atom stereocenters. The number of H-pyrrole nitrogens is 1. The van der Waals surface area contributed by atoms with Crippen molar-refractivity contribution in [2.75, 3.05) is 0 Å². The van der Waals surface area contributed by atoms with E-state index in [9.17, 15) is 13.6 Å². The minimum atomic E-state index is -3.03. The fourth-order valence-corrected chi connectivity index (χ4v) is 5.55. The van der Waals surface area contributed by atoms with E-state index in [1.165, 1.54) is 39.3 Å². The van der Waals surface area contributed by atoms with Crippen LogP contribution in [0.5, 0.6) is 0 Å². The Morgan fingerprint density at radius 3 is 2.77 bits per heavy atom. The van der Waals surface area contributed by atoms with Gasteiger partial charge in [-0.2, -0.15) is 8.78 Å². The number of fused-ring (bicyclic) bond motifs is 1. The zero-order valence-corrected chi connectivity index (χ0v) is 21.0. The quantitative estimate of drug-likeness (QED) is 0.412. The summed E-state index contributed by atoms with van der Waals surface area (Å²) < 4.78 is 33.4. The van der Waals surface area contributed by atoms with Gasteiger partial charge in [0.05, 0.1) is 22.6 Å². The zero-order valence-electron chi connectivity index (χ0n) is 19.1. The van der Waals surface area contributed by atoms with Crippen molar-refractivity contribution in [1.82, 2.24) is 9.97 Å². The van der Waals surface area contributed by atoms with E-state index in [0.29, 0.717) is 56.7 Å². The van der Waals surface area contributed by atoms with E-state index in [1.54, 1.807) is 18.2 Å². The van der Waals surface area contributed by atoms with Gasteiger partial charge in [-0.05, 0) is 47.9 Å². The summed E-state index contributed by atoms with van der Waals surface area (Å²) in [5.41, 5.74) is 11.6. The minimum absolute atomic E-state index is 0.00132. The molecule has 182 valence electrons. The van der Waals surface area contributed by atoms with Crippen LogP contribution in [-0.4, -0.2) is 21.6 Å². The highest BCUT2D eigenvalue weighted by atomic mass is 32.2. The maximum Gasteiger partial charge on any atom is 0.283 e. The van der Waals surface area contributed by atoms with Crippen LogP contribution >= 0.6 is 21.0 Å². The summed E-state index contributed by atoms with van der Waals surface area (Å²) in [7, 11) is 1.53. The molecule has 3 aromatic rings. The van der Waals surface area contributed by atoms with Crippen molar-refractivity contribution in [3.05, 3.63) is 64.7 Å². The van der Waals surface area contributed by atoms with Crippen LogP contribution < -0.4 is 11.5 Å². The number of aromatic nitrogens is 2. The van der Waals surface area contributed by atoms with Gasteiger partial charge < -0.3 is 20.9 Å². The van der Waals surface area contributed by atoms with E-state index in [-0.39, 0.29) is 22.6 Å². The fraction of sp³-hybridized carbons (Fsp3) is 0.292. The van der Waals surface area contributed by atoms with E-state index in [4.69, 9.17) is 15.9 Å². The number of Topliss-reactive ketones (excluding diaryl/α,β-unsaturated/α-hetero) is 1. The molecule has 1 aliphatic heterocycles. The number of ketones is 1. The molecule has 7 nitrogen and oxygen atoms in total. The number of nitrogens with two attached hydrogens (primary N) is 2. The molecule has 0 saturated carbocycles. The molecule has 1 aromatic carbocycles. The minimum Gasteiger partial charge on any atom is -0.453 e. The number of carbonyl (C=O) groups excluding carboxylic acids is 1. The predicted octanol–water partition coefficient (Wildman–Crippen LogP) is 5.17. The summed E-state index contributed by atoms with van der Waals surface area (Å²) in [6, 6.07) is 7.81. The van der Waals surface area contributed by atoms with Crippen LogP contribution in [0.2, 0.25) is 0 Å². The number of amidine groups is 1. The summed E-state index contributed by atoms with van der Waals surface area (Å²) in [5.74, 6) is 0.240. The number of halogens is 2. The Morgan fingerprint density at radius 1 is 1.29 bits per heavy atom. The molecule has 3 heterocycles. The summed E-state index contributed by atoms with van der Waals surface area (Å²) in [4.78, 5) is 25.1. The van der Waals surface area contributed by atoms with Crippen molar-refractivity contribution in [2.24, 2.45) is 21.9 Å². The number of rotatable bonds is 4. The summed E-state index contributed by atoms with van der Waals surface area (Å²) >= 11 is 1.21. The Labute approximate surface area is 206 Å². The molecule has 2 aliphatic rings. The standard InChI is InChI=1S/C24H24F2N5O2PS/c1-23(2)8-15-20(16(32)9-23)19(12(10-27)21(28)29-15)17-5-6-18(33-17)35-22-30-13-4-3-11(24(25,26)34)7-14(13)31-22/h3-7,10,19H,8-9,27,34H2,1-2H3,(H2,28,29)(H,30,31)/b12-10-. The van der Waals surface area contributed by atoms with Crippen LogP contribution in [0.25, 0.3) is 11.0 Å². The van der Waals surface area contributed by atoms with E-state index in [1.807, 2.05) is 13.8 Å². The molecular weight excluding hydrogens is 491 g/mol. The predicted molar refractivity (Wildman–Crippen MR) is 134 cm³/mol. The highest BCUT2D eigenvalue weighted by Crippen LogP contribution is 2.47. The molecule has 35 heavy (non-hydrogen) atoms. The Hall–Kier alpha value is -2.97. The number of aliphatic imine (C=N–C) groups is 1. The highest BCUT2D eigenvalue weighted by molar-refractivity contribution is 7.99. The monoisotopic (exact) mass is 515 g/mol. The lowest BCUT2D eigenvalue weighted by Gasteiger charge is -2.36.